The molecule has 0 aromatic heterocycles. The second-order valence-electron chi connectivity index (χ2n) is 5.68. The molecule has 0 radical (unpaired) electrons. The molecule has 2 rings (SSSR count). The van der Waals surface area contributed by atoms with Crippen molar-refractivity contribution in [2.75, 3.05) is 11.9 Å². The monoisotopic (exact) mass is 418 g/mol. The molecule has 0 heterocycles. The van der Waals surface area contributed by atoms with Crippen molar-refractivity contribution < 1.29 is 14.3 Å². The summed E-state index contributed by atoms with van der Waals surface area (Å²) in [5, 5.41) is 11.4. The lowest BCUT2D eigenvalue weighted by Gasteiger charge is -2.10. The predicted molar refractivity (Wildman–Crippen MR) is 106 cm³/mol. The quantitative estimate of drug-likeness (QED) is 0.263. The Balaban J connectivity index is 1.73. The van der Waals surface area contributed by atoms with Gasteiger partial charge < -0.3 is 9.47 Å². The Morgan fingerprint density at radius 3 is 2.42 bits per heavy atom. The van der Waals surface area contributed by atoms with Gasteiger partial charge in [0.2, 0.25) is 0 Å². The summed E-state index contributed by atoms with van der Waals surface area (Å²) in [5.41, 5.74) is 1.49. The highest BCUT2D eigenvalue weighted by molar-refractivity contribution is 9.09. The minimum absolute atomic E-state index is 0.00747. The summed E-state index contributed by atoms with van der Waals surface area (Å²) < 4.78 is 10.8. The number of hydrogen-bond donors (Lipinski definition) is 2. The second-order valence-corrected chi connectivity index (χ2v) is 6.48. The van der Waals surface area contributed by atoms with Gasteiger partial charge in [0.25, 0.3) is 0 Å². The van der Waals surface area contributed by atoms with Crippen LogP contribution in [0.15, 0.2) is 54.6 Å². The Kier molecular flexibility index (Phi) is 8.69. The van der Waals surface area contributed by atoms with E-state index < -0.39 is 6.09 Å². The molecule has 0 saturated heterocycles. The third-order valence-corrected chi connectivity index (χ3v) is 4.19. The van der Waals surface area contributed by atoms with Crippen molar-refractivity contribution in [3.8, 4) is 5.75 Å². The number of amidine groups is 1. The summed E-state index contributed by atoms with van der Waals surface area (Å²) in [7, 11) is 0. The SMILES string of the molecule is N=C(NC(=O)OCc1ccccc1)c1ccc(OCCCCCBr)cc1. The standard InChI is InChI=1S/C20H23BrN2O3/c21-13-5-2-6-14-25-18-11-9-17(10-12-18)19(22)23-20(24)26-15-16-7-3-1-4-8-16/h1,3-4,7-12H,2,5-6,13-15H2,(H2,22,23,24). The second kappa shape index (κ2) is 11.3. The zero-order valence-electron chi connectivity index (χ0n) is 14.5. The summed E-state index contributed by atoms with van der Waals surface area (Å²) in [5.74, 6) is 0.749. The van der Waals surface area contributed by atoms with Gasteiger partial charge in [-0.1, -0.05) is 46.3 Å². The van der Waals surface area contributed by atoms with Gasteiger partial charge in [-0.3, -0.25) is 10.7 Å². The van der Waals surface area contributed by atoms with Crippen LogP contribution in [0.25, 0.3) is 0 Å². The van der Waals surface area contributed by atoms with Crippen molar-refractivity contribution in [2.24, 2.45) is 0 Å². The molecule has 0 saturated carbocycles. The molecule has 0 fully saturated rings. The average Bonchev–Trinajstić information content (AvgIpc) is 2.67. The van der Waals surface area contributed by atoms with Crippen molar-refractivity contribution in [2.45, 2.75) is 25.9 Å². The molecule has 0 aliphatic carbocycles. The van der Waals surface area contributed by atoms with E-state index in [1.54, 1.807) is 24.3 Å². The Labute approximate surface area is 162 Å². The van der Waals surface area contributed by atoms with Crippen molar-refractivity contribution >= 4 is 27.9 Å². The number of unbranched alkanes of at least 4 members (excludes halogenated alkanes) is 2. The lowest BCUT2D eigenvalue weighted by Crippen LogP contribution is -2.30. The summed E-state index contributed by atoms with van der Waals surface area (Å²) in [6.45, 7) is 0.843. The van der Waals surface area contributed by atoms with Crippen LogP contribution in [-0.2, 0) is 11.3 Å². The Hall–Kier alpha value is -2.34. The van der Waals surface area contributed by atoms with Gasteiger partial charge in [-0.25, -0.2) is 4.79 Å². The zero-order chi connectivity index (χ0) is 18.6. The lowest BCUT2D eigenvalue weighted by molar-refractivity contribution is 0.145. The first-order valence-corrected chi connectivity index (χ1v) is 9.66. The topological polar surface area (TPSA) is 71.4 Å². The number of alkyl carbamates (subject to hydrolysis) is 1. The molecular weight excluding hydrogens is 396 g/mol. The molecule has 138 valence electrons. The van der Waals surface area contributed by atoms with Crippen LogP contribution >= 0.6 is 15.9 Å². The number of carbonyl (C=O) groups is 1. The number of halogens is 1. The van der Waals surface area contributed by atoms with E-state index in [0.29, 0.717) is 12.2 Å². The van der Waals surface area contributed by atoms with E-state index in [9.17, 15) is 4.79 Å². The highest BCUT2D eigenvalue weighted by Gasteiger charge is 2.08. The number of alkyl halides is 1. The van der Waals surface area contributed by atoms with Gasteiger partial charge in [-0.05, 0) is 49.1 Å². The smallest absolute Gasteiger partial charge is 0.413 e. The molecule has 6 heteroatoms. The van der Waals surface area contributed by atoms with E-state index in [-0.39, 0.29) is 12.4 Å². The number of ether oxygens (including phenoxy) is 2. The van der Waals surface area contributed by atoms with Gasteiger partial charge in [0.1, 0.15) is 18.2 Å². The highest BCUT2D eigenvalue weighted by Crippen LogP contribution is 2.13. The lowest BCUT2D eigenvalue weighted by atomic mass is 10.2. The Bertz CT molecular complexity index is 690. The first-order valence-electron chi connectivity index (χ1n) is 8.54. The summed E-state index contributed by atoms with van der Waals surface area (Å²) in [4.78, 5) is 11.8. The first kappa shape index (κ1) is 20.0. The molecule has 5 nitrogen and oxygen atoms in total. The minimum atomic E-state index is -0.647. The van der Waals surface area contributed by atoms with E-state index in [0.717, 1.165) is 35.9 Å². The van der Waals surface area contributed by atoms with Gasteiger partial charge in [-0.15, -0.1) is 0 Å². The summed E-state index contributed by atoms with van der Waals surface area (Å²) in [6.07, 6.45) is 2.64. The molecule has 0 spiro atoms. The van der Waals surface area contributed by atoms with Gasteiger partial charge in [0.05, 0.1) is 6.61 Å². The van der Waals surface area contributed by atoms with Gasteiger partial charge in [0.15, 0.2) is 0 Å². The van der Waals surface area contributed by atoms with Gasteiger partial charge >= 0.3 is 6.09 Å². The van der Waals surface area contributed by atoms with Gasteiger partial charge in [-0.2, -0.15) is 0 Å². The number of carbonyl (C=O) groups excluding carboxylic acids is 1. The fourth-order valence-corrected chi connectivity index (χ4v) is 2.61. The zero-order valence-corrected chi connectivity index (χ0v) is 16.1. The molecule has 1 amide bonds. The van der Waals surface area contributed by atoms with Gasteiger partial charge in [0, 0.05) is 10.9 Å². The minimum Gasteiger partial charge on any atom is -0.494 e. The molecule has 2 N–H and O–H groups in total. The number of amides is 1. The fraction of sp³-hybridized carbons (Fsp3) is 0.300. The molecule has 26 heavy (non-hydrogen) atoms. The fourth-order valence-electron chi connectivity index (χ4n) is 2.21. The van der Waals surface area contributed by atoms with E-state index in [1.165, 1.54) is 0 Å². The van der Waals surface area contributed by atoms with E-state index in [4.69, 9.17) is 14.9 Å². The van der Waals surface area contributed by atoms with Crippen molar-refractivity contribution in [1.82, 2.24) is 5.32 Å². The molecular formula is C20H23BrN2O3. The van der Waals surface area contributed by atoms with Crippen LogP contribution in [0.3, 0.4) is 0 Å². The van der Waals surface area contributed by atoms with Crippen LogP contribution in [0.1, 0.15) is 30.4 Å². The average molecular weight is 419 g/mol. The summed E-state index contributed by atoms with van der Waals surface area (Å²) >= 11 is 3.41. The normalized spacial score (nSPS) is 10.2. The van der Waals surface area contributed by atoms with E-state index >= 15 is 0 Å². The molecule has 0 atom stereocenters. The third-order valence-electron chi connectivity index (χ3n) is 3.63. The maximum Gasteiger partial charge on any atom is 0.413 e. The van der Waals surface area contributed by atoms with Crippen LogP contribution in [0.2, 0.25) is 0 Å². The van der Waals surface area contributed by atoms with Crippen LogP contribution in [0, 0.1) is 5.41 Å². The largest absolute Gasteiger partial charge is 0.494 e. The number of hydrogen-bond acceptors (Lipinski definition) is 4. The van der Waals surface area contributed by atoms with Crippen LogP contribution in [-0.4, -0.2) is 23.9 Å². The molecule has 0 aliphatic heterocycles. The summed E-state index contributed by atoms with van der Waals surface area (Å²) in [6, 6.07) is 16.5. The number of nitrogens with one attached hydrogen (secondary N) is 2. The maximum atomic E-state index is 11.8. The van der Waals surface area contributed by atoms with E-state index in [2.05, 4.69) is 21.2 Å². The van der Waals surface area contributed by atoms with E-state index in [1.807, 2.05) is 30.3 Å². The number of rotatable bonds is 9. The molecule has 2 aromatic carbocycles. The molecule has 0 bridgehead atoms. The van der Waals surface area contributed by atoms with Crippen molar-refractivity contribution in [3.63, 3.8) is 0 Å². The molecule has 0 unspecified atom stereocenters. The van der Waals surface area contributed by atoms with Crippen LogP contribution < -0.4 is 10.1 Å². The van der Waals surface area contributed by atoms with Crippen molar-refractivity contribution in [3.05, 3.63) is 65.7 Å². The number of benzene rings is 2. The molecule has 2 aromatic rings. The highest BCUT2D eigenvalue weighted by atomic mass is 79.9. The van der Waals surface area contributed by atoms with Crippen molar-refractivity contribution in [1.29, 1.82) is 5.41 Å². The maximum absolute atomic E-state index is 11.8. The van der Waals surface area contributed by atoms with Crippen LogP contribution in [0.4, 0.5) is 4.79 Å². The Morgan fingerprint density at radius 2 is 1.73 bits per heavy atom. The third kappa shape index (κ3) is 7.27. The first-order chi connectivity index (χ1) is 12.7. The predicted octanol–water partition coefficient (Wildman–Crippen LogP) is 4.88. The Morgan fingerprint density at radius 1 is 1.00 bits per heavy atom. The molecule has 0 aliphatic rings. The van der Waals surface area contributed by atoms with Crippen LogP contribution in [0.5, 0.6) is 5.75 Å².